The van der Waals surface area contributed by atoms with E-state index in [0.29, 0.717) is 18.3 Å². The van der Waals surface area contributed by atoms with E-state index in [1.165, 1.54) is 11.3 Å². The zero-order valence-electron chi connectivity index (χ0n) is 13.0. The molecule has 1 saturated heterocycles. The summed E-state index contributed by atoms with van der Waals surface area (Å²) in [5.41, 5.74) is 0.854. The van der Waals surface area contributed by atoms with E-state index in [-0.39, 0.29) is 11.9 Å². The van der Waals surface area contributed by atoms with Crippen molar-refractivity contribution in [3.63, 3.8) is 0 Å². The third-order valence-corrected chi connectivity index (χ3v) is 5.02. The van der Waals surface area contributed by atoms with Gasteiger partial charge in [-0.2, -0.15) is 4.98 Å². The smallest absolute Gasteiger partial charge is 0.264 e. The molecule has 1 aliphatic heterocycles. The third kappa shape index (κ3) is 2.82. The molecule has 0 aliphatic carbocycles. The highest BCUT2D eigenvalue weighted by Crippen LogP contribution is 2.32. The second kappa shape index (κ2) is 6.52. The molecule has 0 N–H and O–H groups in total. The van der Waals surface area contributed by atoms with Gasteiger partial charge in [-0.15, -0.1) is 11.3 Å². The molecule has 1 unspecified atom stereocenters. The number of rotatable bonds is 3. The average molecular weight is 340 g/mol. The standard InChI is InChI=1S/C17H16N4O2S/c22-17(14-5-3-11-24-14)21-10-2-1-4-13(21)16-19-15(20-23-16)12-6-8-18-9-7-12/h3,5-9,11,13H,1-2,4,10H2. The van der Waals surface area contributed by atoms with E-state index >= 15 is 0 Å². The molecule has 4 heterocycles. The SMILES string of the molecule is O=C(c1cccs1)N1CCCCC1c1nc(-c2ccncc2)no1. The largest absolute Gasteiger partial charge is 0.337 e. The number of pyridine rings is 1. The summed E-state index contributed by atoms with van der Waals surface area (Å²) in [6.45, 7) is 0.717. The van der Waals surface area contributed by atoms with Crippen LogP contribution in [0.25, 0.3) is 11.4 Å². The summed E-state index contributed by atoms with van der Waals surface area (Å²) in [7, 11) is 0. The van der Waals surface area contributed by atoms with Gasteiger partial charge < -0.3 is 9.42 Å². The molecule has 1 fully saturated rings. The average Bonchev–Trinajstić information content (AvgIpc) is 3.34. The summed E-state index contributed by atoms with van der Waals surface area (Å²) in [6.07, 6.45) is 6.27. The molecule has 24 heavy (non-hydrogen) atoms. The van der Waals surface area contributed by atoms with Crippen molar-refractivity contribution in [2.24, 2.45) is 0 Å². The lowest BCUT2D eigenvalue weighted by atomic mass is 10.0. The monoisotopic (exact) mass is 340 g/mol. The van der Waals surface area contributed by atoms with Crippen molar-refractivity contribution in [3.05, 3.63) is 52.8 Å². The van der Waals surface area contributed by atoms with Crippen molar-refractivity contribution in [2.75, 3.05) is 6.54 Å². The molecule has 0 radical (unpaired) electrons. The van der Waals surface area contributed by atoms with E-state index in [1.54, 1.807) is 12.4 Å². The number of thiophene rings is 1. The fraction of sp³-hybridized carbons (Fsp3) is 0.294. The normalized spacial score (nSPS) is 17.8. The Morgan fingerprint density at radius 1 is 1.25 bits per heavy atom. The number of piperidine rings is 1. The van der Waals surface area contributed by atoms with Crippen molar-refractivity contribution >= 4 is 17.2 Å². The summed E-state index contributed by atoms with van der Waals surface area (Å²) in [5, 5.41) is 5.99. The maximum atomic E-state index is 12.8. The Morgan fingerprint density at radius 2 is 2.12 bits per heavy atom. The second-order valence-electron chi connectivity index (χ2n) is 5.68. The van der Waals surface area contributed by atoms with Gasteiger partial charge in [0.05, 0.1) is 4.88 Å². The van der Waals surface area contributed by atoms with Crippen LogP contribution in [-0.2, 0) is 0 Å². The van der Waals surface area contributed by atoms with Gasteiger partial charge in [0.1, 0.15) is 6.04 Å². The molecule has 0 aromatic carbocycles. The number of nitrogens with zero attached hydrogens (tertiary/aromatic N) is 4. The lowest BCUT2D eigenvalue weighted by molar-refractivity contribution is 0.0566. The lowest BCUT2D eigenvalue weighted by Gasteiger charge is -2.33. The van der Waals surface area contributed by atoms with Gasteiger partial charge in [-0.1, -0.05) is 11.2 Å². The van der Waals surface area contributed by atoms with Crippen molar-refractivity contribution in [1.29, 1.82) is 0 Å². The molecule has 4 rings (SSSR count). The van der Waals surface area contributed by atoms with E-state index in [1.807, 2.05) is 34.5 Å². The fourth-order valence-electron chi connectivity index (χ4n) is 2.96. The van der Waals surface area contributed by atoms with Crippen LogP contribution in [0.2, 0.25) is 0 Å². The number of hydrogen-bond acceptors (Lipinski definition) is 6. The summed E-state index contributed by atoms with van der Waals surface area (Å²) >= 11 is 1.46. The van der Waals surface area contributed by atoms with Gasteiger partial charge in [0.2, 0.25) is 11.7 Å². The molecule has 1 atom stereocenters. The van der Waals surface area contributed by atoms with Crippen LogP contribution in [0.15, 0.2) is 46.6 Å². The number of carbonyl (C=O) groups excluding carboxylic acids is 1. The Hall–Kier alpha value is -2.54. The summed E-state index contributed by atoms with van der Waals surface area (Å²) < 4.78 is 5.48. The molecule has 3 aromatic heterocycles. The Morgan fingerprint density at radius 3 is 2.92 bits per heavy atom. The number of amides is 1. The second-order valence-corrected chi connectivity index (χ2v) is 6.63. The Bertz CT molecular complexity index is 816. The number of hydrogen-bond donors (Lipinski definition) is 0. The highest BCUT2D eigenvalue weighted by Gasteiger charge is 2.33. The first-order valence-corrected chi connectivity index (χ1v) is 8.79. The maximum Gasteiger partial charge on any atom is 0.264 e. The molecule has 0 bridgehead atoms. The van der Waals surface area contributed by atoms with Gasteiger partial charge >= 0.3 is 0 Å². The predicted molar refractivity (Wildman–Crippen MR) is 89.5 cm³/mol. The summed E-state index contributed by atoms with van der Waals surface area (Å²) in [6, 6.07) is 7.27. The summed E-state index contributed by atoms with van der Waals surface area (Å²) in [4.78, 5) is 23.9. The van der Waals surface area contributed by atoms with Crippen LogP contribution in [0.3, 0.4) is 0 Å². The topological polar surface area (TPSA) is 72.1 Å². The van der Waals surface area contributed by atoms with Crippen molar-refractivity contribution < 1.29 is 9.32 Å². The highest BCUT2D eigenvalue weighted by atomic mass is 32.1. The number of likely N-dealkylation sites (tertiary alicyclic amines) is 1. The third-order valence-electron chi connectivity index (χ3n) is 4.16. The quantitative estimate of drug-likeness (QED) is 0.729. The maximum absolute atomic E-state index is 12.8. The minimum absolute atomic E-state index is 0.0401. The molecule has 6 nitrogen and oxygen atoms in total. The Balaban J connectivity index is 1.62. The minimum Gasteiger partial charge on any atom is -0.337 e. The Labute approximate surface area is 143 Å². The van der Waals surface area contributed by atoms with Crippen LogP contribution in [-0.4, -0.2) is 32.5 Å². The van der Waals surface area contributed by atoms with Crippen LogP contribution in [0, 0.1) is 0 Å². The van der Waals surface area contributed by atoms with Gasteiger partial charge in [0.25, 0.3) is 5.91 Å². The van der Waals surface area contributed by atoms with Crippen LogP contribution in [0.1, 0.15) is 40.9 Å². The summed E-state index contributed by atoms with van der Waals surface area (Å²) in [5.74, 6) is 1.08. The van der Waals surface area contributed by atoms with Crippen molar-refractivity contribution in [3.8, 4) is 11.4 Å². The fourth-order valence-corrected chi connectivity index (χ4v) is 3.64. The molecule has 1 aliphatic rings. The molecular weight excluding hydrogens is 324 g/mol. The molecule has 1 amide bonds. The van der Waals surface area contributed by atoms with E-state index in [0.717, 1.165) is 29.7 Å². The zero-order chi connectivity index (χ0) is 16.4. The molecule has 0 saturated carbocycles. The molecular formula is C17H16N4O2S. The molecule has 0 spiro atoms. The van der Waals surface area contributed by atoms with Gasteiger partial charge in [0, 0.05) is 24.5 Å². The zero-order valence-corrected chi connectivity index (χ0v) is 13.8. The van der Waals surface area contributed by atoms with Gasteiger partial charge in [0.15, 0.2) is 0 Å². The first-order chi connectivity index (χ1) is 11.8. The molecule has 122 valence electrons. The van der Waals surface area contributed by atoms with Gasteiger partial charge in [-0.05, 0) is 42.8 Å². The number of carbonyl (C=O) groups is 1. The van der Waals surface area contributed by atoms with Crippen LogP contribution >= 0.6 is 11.3 Å². The van der Waals surface area contributed by atoms with E-state index in [9.17, 15) is 4.79 Å². The minimum atomic E-state index is -0.156. The van der Waals surface area contributed by atoms with Crippen molar-refractivity contribution in [2.45, 2.75) is 25.3 Å². The van der Waals surface area contributed by atoms with Crippen LogP contribution in [0.5, 0.6) is 0 Å². The van der Waals surface area contributed by atoms with Crippen LogP contribution in [0.4, 0.5) is 0 Å². The highest BCUT2D eigenvalue weighted by molar-refractivity contribution is 7.12. The van der Waals surface area contributed by atoms with Crippen LogP contribution < -0.4 is 0 Å². The van der Waals surface area contributed by atoms with Crippen molar-refractivity contribution in [1.82, 2.24) is 20.0 Å². The lowest BCUT2D eigenvalue weighted by Crippen LogP contribution is -2.38. The first kappa shape index (κ1) is 15.0. The van der Waals surface area contributed by atoms with Gasteiger partial charge in [-0.25, -0.2) is 0 Å². The van der Waals surface area contributed by atoms with E-state index < -0.39 is 0 Å². The predicted octanol–water partition coefficient (Wildman–Crippen LogP) is 3.56. The Kier molecular flexibility index (Phi) is 4.08. The van der Waals surface area contributed by atoms with E-state index in [4.69, 9.17) is 4.52 Å². The first-order valence-electron chi connectivity index (χ1n) is 7.91. The van der Waals surface area contributed by atoms with E-state index in [2.05, 4.69) is 15.1 Å². The number of aromatic nitrogens is 3. The molecule has 7 heteroatoms. The molecule has 3 aromatic rings. The van der Waals surface area contributed by atoms with Gasteiger partial charge in [-0.3, -0.25) is 9.78 Å².